The van der Waals surface area contributed by atoms with Gasteiger partial charge in [-0.1, -0.05) is 18.2 Å². The third kappa shape index (κ3) is 3.13. The number of nitrogens with one attached hydrogen (secondary N) is 1. The number of nitrogens with zero attached hydrogens (tertiary/aromatic N) is 2. The van der Waals surface area contributed by atoms with Gasteiger partial charge in [0, 0.05) is 22.7 Å². The molecule has 2 aromatic carbocycles. The Bertz CT molecular complexity index is 1130. The molecule has 0 saturated heterocycles. The topological polar surface area (TPSA) is 77.1 Å². The van der Waals surface area contributed by atoms with Crippen molar-refractivity contribution in [3.8, 4) is 22.8 Å². The number of ether oxygens (including phenoxy) is 2. The molecular weight excluding hydrogens is 342 g/mol. The fourth-order valence-corrected chi connectivity index (χ4v) is 2.92. The number of rotatable bonds is 5. The Kier molecular flexibility index (Phi) is 4.30. The molecule has 0 aliphatic rings. The van der Waals surface area contributed by atoms with Crippen LogP contribution in [0.15, 0.2) is 60.9 Å². The highest BCUT2D eigenvalue weighted by molar-refractivity contribution is 6.07. The number of ketones is 1. The molecule has 0 atom stereocenters. The molecule has 0 aliphatic heterocycles. The second kappa shape index (κ2) is 6.92. The van der Waals surface area contributed by atoms with Crippen molar-refractivity contribution in [3.05, 3.63) is 72.3 Å². The number of imidazole rings is 1. The minimum atomic E-state index is -0.226. The summed E-state index contributed by atoms with van der Waals surface area (Å²) in [7, 11) is 3.08. The predicted molar refractivity (Wildman–Crippen MR) is 102 cm³/mol. The molecule has 4 aromatic rings. The minimum Gasteiger partial charge on any atom is -0.493 e. The van der Waals surface area contributed by atoms with Gasteiger partial charge in [-0.05, 0) is 30.3 Å². The third-order valence-corrected chi connectivity index (χ3v) is 4.34. The molecule has 0 spiro atoms. The van der Waals surface area contributed by atoms with Gasteiger partial charge >= 0.3 is 0 Å². The average molecular weight is 359 g/mol. The number of hydrogen-bond acceptors (Lipinski definition) is 5. The summed E-state index contributed by atoms with van der Waals surface area (Å²) >= 11 is 0. The Morgan fingerprint density at radius 1 is 0.926 bits per heavy atom. The van der Waals surface area contributed by atoms with Gasteiger partial charge in [0.1, 0.15) is 0 Å². The quantitative estimate of drug-likeness (QED) is 0.547. The van der Waals surface area contributed by atoms with E-state index in [0.717, 1.165) is 22.2 Å². The van der Waals surface area contributed by atoms with Crippen LogP contribution in [-0.4, -0.2) is 35.0 Å². The van der Waals surface area contributed by atoms with Crippen molar-refractivity contribution in [1.82, 2.24) is 15.0 Å². The van der Waals surface area contributed by atoms with Gasteiger partial charge in [-0.15, -0.1) is 0 Å². The van der Waals surface area contributed by atoms with Crippen molar-refractivity contribution >= 4 is 16.7 Å². The number of hydrogen-bond donors (Lipinski definition) is 1. The van der Waals surface area contributed by atoms with Crippen LogP contribution in [0, 0.1) is 0 Å². The van der Waals surface area contributed by atoms with Crippen LogP contribution in [0.2, 0.25) is 0 Å². The van der Waals surface area contributed by atoms with Crippen LogP contribution in [0.3, 0.4) is 0 Å². The first kappa shape index (κ1) is 16.8. The number of methoxy groups -OCH3 is 2. The van der Waals surface area contributed by atoms with Crippen molar-refractivity contribution in [2.45, 2.75) is 0 Å². The van der Waals surface area contributed by atoms with E-state index >= 15 is 0 Å². The van der Waals surface area contributed by atoms with Crippen LogP contribution >= 0.6 is 0 Å². The zero-order valence-electron chi connectivity index (χ0n) is 14.9. The lowest BCUT2D eigenvalue weighted by molar-refractivity contribution is 0.103. The molecule has 134 valence electrons. The van der Waals surface area contributed by atoms with Gasteiger partial charge in [-0.3, -0.25) is 9.78 Å². The summed E-state index contributed by atoms with van der Waals surface area (Å²) in [5, 5.41) is 1.03. The van der Waals surface area contributed by atoms with Crippen molar-refractivity contribution in [1.29, 1.82) is 0 Å². The number of aromatic nitrogens is 3. The third-order valence-electron chi connectivity index (χ3n) is 4.34. The number of fused-ring (bicyclic) bond motifs is 1. The number of carbonyl (C=O) groups is 1. The van der Waals surface area contributed by atoms with Gasteiger partial charge in [0.2, 0.25) is 5.78 Å². The molecule has 2 aromatic heterocycles. The van der Waals surface area contributed by atoms with Crippen molar-refractivity contribution in [3.63, 3.8) is 0 Å². The summed E-state index contributed by atoms with van der Waals surface area (Å²) in [5.41, 5.74) is 2.98. The second-order valence-electron chi connectivity index (χ2n) is 5.96. The van der Waals surface area contributed by atoms with E-state index < -0.39 is 0 Å². The van der Waals surface area contributed by atoms with E-state index in [4.69, 9.17) is 9.47 Å². The van der Waals surface area contributed by atoms with Crippen molar-refractivity contribution in [2.75, 3.05) is 14.2 Å². The molecule has 0 amide bonds. The summed E-state index contributed by atoms with van der Waals surface area (Å²) in [4.78, 5) is 24.5. The van der Waals surface area contributed by atoms with Gasteiger partial charge in [-0.2, -0.15) is 0 Å². The van der Waals surface area contributed by atoms with Crippen molar-refractivity contribution in [2.24, 2.45) is 0 Å². The van der Waals surface area contributed by atoms with Crippen molar-refractivity contribution < 1.29 is 14.3 Å². The SMILES string of the molecule is COc1ccc(C(=O)c2ncc(-c3cnc4ccccc4c3)[nH]2)cc1OC. The first-order valence-electron chi connectivity index (χ1n) is 8.36. The van der Waals surface area contributed by atoms with Crippen LogP contribution < -0.4 is 9.47 Å². The summed E-state index contributed by atoms with van der Waals surface area (Å²) in [6.07, 6.45) is 3.40. The molecule has 27 heavy (non-hydrogen) atoms. The molecule has 2 heterocycles. The maximum absolute atomic E-state index is 12.8. The predicted octanol–water partition coefficient (Wildman–Crippen LogP) is 3.87. The zero-order valence-corrected chi connectivity index (χ0v) is 14.9. The van der Waals surface area contributed by atoms with E-state index in [1.165, 1.54) is 7.11 Å². The lowest BCUT2D eigenvalue weighted by Crippen LogP contribution is -2.04. The largest absolute Gasteiger partial charge is 0.493 e. The Hall–Kier alpha value is -3.67. The van der Waals surface area contributed by atoms with E-state index in [9.17, 15) is 4.79 Å². The van der Waals surface area contributed by atoms with Gasteiger partial charge in [0.25, 0.3) is 0 Å². The van der Waals surface area contributed by atoms with Crippen LogP contribution in [0.1, 0.15) is 16.2 Å². The lowest BCUT2D eigenvalue weighted by Gasteiger charge is -2.08. The van der Waals surface area contributed by atoms with E-state index in [2.05, 4.69) is 15.0 Å². The number of carbonyl (C=O) groups excluding carboxylic acids is 1. The molecular formula is C21H17N3O3. The van der Waals surface area contributed by atoms with Crippen LogP contribution in [-0.2, 0) is 0 Å². The highest BCUT2D eigenvalue weighted by Gasteiger charge is 2.16. The first-order valence-corrected chi connectivity index (χ1v) is 8.36. The Balaban J connectivity index is 1.66. The summed E-state index contributed by atoms with van der Waals surface area (Å²) in [5.74, 6) is 1.09. The van der Waals surface area contributed by atoms with Crippen LogP contribution in [0.4, 0.5) is 0 Å². The highest BCUT2D eigenvalue weighted by Crippen LogP contribution is 2.28. The summed E-state index contributed by atoms with van der Waals surface area (Å²) < 4.78 is 10.5. The molecule has 0 unspecified atom stereocenters. The molecule has 0 bridgehead atoms. The normalized spacial score (nSPS) is 10.7. The molecule has 0 aliphatic carbocycles. The van der Waals surface area contributed by atoms with E-state index in [1.807, 2.05) is 30.3 Å². The highest BCUT2D eigenvalue weighted by atomic mass is 16.5. The minimum absolute atomic E-state index is 0.226. The maximum Gasteiger partial charge on any atom is 0.228 e. The Labute approximate surface area is 155 Å². The number of H-pyrrole nitrogens is 1. The number of benzene rings is 2. The molecule has 4 rings (SSSR count). The monoisotopic (exact) mass is 359 g/mol. The summed E-state index contributed by atoms with van der Waals surface area (Å²) in [6.45, 7) is 0. The number of para-hydroxylation sites is 1. The van der Waals surface area contributed by atoms with E-state index in [0.29, 0.717) is 17.1 Å². The molecule has 0 fully saturated rings. The van der Waals surface area contributed by atoms with Crippen LogP contribution in [0.5, 0.6) is 11.5 Å². The Morgan fingerprint density at radius 3 is 2.56 bits per heavy atom. The number of aromatic amines is 1. The molecule has 0 radical (unpaired) electrons. The van der Waals surface area contributed by atoms with Crippen LogP contribution in [0.25, 0.3) is 22.2 Å². The molecule has 1 N–H and O–H groups in total. The lowest BCUT2D eigenvalue weighted by atomic mass is 10.1. The maximum atomic E-state index is 12.8. The number of pyridine rings is 1. The molecule has 6 heteroatoms. The van der Waals surface area contributed by atoms with Gasteiger partial charge in [-0.25, -0.2) is 4.98 Å². The average Bonchev–Trinajstić information content (AvgIpc) is 3.22. The molecule has 0 saturated carbocycles. The van der Waals surface area contributed by atoms with Gasteiger partial charge in [0.15, 0.2) is 17.3 Å². The second-order valence-corrected chi connectivity index (χ2v) is 5.96. The summed E-state index contributed by atoms with van der Waals surface area (Å²) in [6, 6.07) is 14.9. The standard InChI is InChI=1S/C21H17N3O3/c1-26-18-8-7-14(10-19(18)27-2)20(25)21-23-12-17(24-21)15-9-13-5-3-4-6-16(13)22-11-15/h3-12H,1-2H3,(H,23,24). The fraction of sp³-hybridized carbons (Fsp3) is 0.0952. The van der Waals surface area contributed by atoms with Gasteiger partial charge in [0.05, 0.1) is 31.6 Å². The van der Waals surface area contributed by atoms with E-state index in [-0.39, 0.29) is 11.6 Å². The fourth-order valence-electron chi connectivity index (χ4n) is 2.92. The zero-order chi connectivity index (χ0) is 18.8. The van der Waals surface area contributed by atoms with Gasteiger partial charge < -0.3 is 14.5 Å². The molecule has 6 nitrogen and oxygen atoms in total. The smallest absolute Gasteiger partial charge is 0.228 e. The Morgan fingerprint density at radius 2 is 1.74 bits per heavy atom. The van der Waals surface area contributed by atoms with E-state index in [1.54, 1.807) is 37.7 Å². The first-order chi connectivity index (χ1) is 13.2.